The third kappa shape index (κ3) is 2.92. The van der Waals surface area contributed by atoms with Crippen LogP contribution in [0, 0.1) is 6.92 Å². The fourth-order valence-electron chi connectivity index (χ4n) is 2.10. The van der Waals surface area contributed by atoms with E-state index in [-0.39, 0.29) is 6.10 Å². The summed E-state index contributed by atoms with van der Waals surface area (Å²) >= 11 is 0. The molecule has 0 saturated carbocycles. The monoisotopic (exact) mass is 236 g/mol. The molecule has 1 aromatic rings. The number of nitrogens with two attached hydrogens (primary N) is 1. The molecule has 17 heavy (non-hydrogen) atoms. The van der Waals surface area contributed by atoms with Gasteiger partial charge in [0.25, 0.3) is 0 Å². The van der Waals surface area contributed by atoms with Crippen molar-refractivity contribution in [3.05, 3.63) is 17.6 Å². The lowest BCUT2D eigenvalue weighted by Gasteiger charge is -2.35. The molecule has 5 heteroatoms. The zero-order valence-corrected chi connectivity index (χ0v) is 10.7. The van der Waals surface area contributed by atoms with Crippen LogP contribution in [-0.4, -0.2) is 40.6 Å². The molecule has 2 N–H and O–H groups in total. The standard InChI is InChI=1S/C12H20N4O/c1-8(2)16-4-5-17-11(7-16)10-6-12(13)15-9(3)14-10/h6,8,11H,4-5,7H2,1-3H3,(H2,13,14,15)/t11-/m0/s1. The Kier molecular flexibility index (Phi) is 3.59. The van der Waals surface area contributed by atoms with Gasteiger partial charge in [-0.25, -0.2) is 9.97 Å². The van der Waals surface area contributed by atoms with E-state index in [9.17, 15) is 0 Å². The molecule has 1 aromatic heterocycles. The Balaban J connectivity index is 2.16. The number of hydrogen-bond acceptors (Lipinski definition) is 5. The second kappa shape index (κ2) is 4.98. The summed E-state index contributed by atoms with van der Waals surface area (Å²) in [7, 11) is 0. The van der Waals surface area contributed by atoms with Crippen LogP contribution in [0.15, 0.2) is 6.07 Å². The first-order valence-corrected chi connectivity index (χ1v) is 6.03. The van der Waals surface area contributed by atoms with Crippen molar-refractivity contribution in [2.24, 2.45) is 0 Å². The van der Waals surface area contributed by atoms with Crippen molar-refractivity contribution in [1.82, 2.24) is 14.9 Å². The molecule has 0 bridgehead atoms. The minimum atomic E-state index is 0.00940. The van der Waals surface area contributed by atoms with Crippen LogP contribution in [-0.2, 0) is 4.74 Å². The molecule has 94 valence electrons. The van der Waals surface area contributed by atoms with Gasteiger partial charge >= 0.3 is 0 Å². The first kappa shape index (κ1) is 12.3. The lowest BCUT2D eigenvalue weighted by Crippen LogP contribution is -2.42. The number of anilines is 1. The number of aromatic nitrogens is 2. The van der Waals surface area contributed by atoms with Crippen molar-refractivity contribution < 1.29 is 4.74 Å². The van der Waals surface area contributed by atoms with Crippen LogP contribution < -0.4 is 5.73 Å². The van der Waals surface area contributed by atoms with E-state index in [2.05, 4.69) is 28.7 Å². The molecule has 1 aliphatic rings. The van der Waals surface area contributed by atoms with Gasteiger partial charge in [-0.15, -0.1) is 0 Å². The number of morpholine rings is 1. The Morgan fingerprint density at radius 1 is 1.47 bits per heavy atom. The van der Waals surface area contributed by atoms with Crippen LogP contribution in [0.25, 0.3) is 0 Å². The smallest absolute Gasteiger partial charge is 0.128 e. The van der Waals surface area contributed by atoms with Gasteiger partial charge < -0.3 is 10.5 Å². The Bertz CT molecular complexity index is 374. The quantitative estimate of drug-likeness (QED) is 0.834. The van der Waals surface area contributed by atoms with Gasteiger partial charge in [-0.05, 0) is 20.8 Å². The van der Waals surface area contributed by atoms with Crippen LogP contribution in [0.1, 0.15) is 31.5 Å². The SMILES string of the molecule is Cc1nc(N)cc([C@@H]2CN(C(C)C)CCO2)n1. The molecule has 0 spiro atoms. The number of ether oxygens (including phenoxy) is 1. The predicted octanol–water partition coefficient (Wildman–Crippen LogP) is 1.15. The van der Waals surface area contributed by atoms with Crippen molar-refractivity contribution in [3.8, 4) is 0 Å². The maximum atomic E-state index is 5.77. The summed E-state index contributed by atoms with van der Waals surface area (Å²) in [6.07, 6.45) is 0.00940. The van der Waals surface area contributed by atoms with Gasteiger partial charge in [0.05, 0.1) is 12.3 Å². The zero-order chi connectivity index (χ0) is 12.4. The molecule has 5 nitrogen and oxygen atoms in total. The summed E-state index contributed by atoms with van der Waals surface area (Å²) in [6, 6.07) is 2.34. The molecule has 2 heterocycles. The lowest BCUT2D eigenvalue weighted by molar-refractivity contribution is -0.0422. The molecule has 0 radical (unpaired) electrons. The molecular weight excluding hydrogens is 216 g/mol. The molecule has 1 aliphatic heterocycles. The van der Waals surface area contributed by atoms with Crippen molar-refractivity contribution in [2.45, 2.75) is 32.9 Å². The van der Waals surface area contributed by atoms with E-state index in [4.69, 9.17) is 10.5 Å². The highest BCUT2D eigenvalue weighted by Gasteiger charge is 2.24. The largest absolute Gasteiger partial charge is 0.384 e. The number of nitrogen functional groups attached to an aromatic ring is 1. The maximum absolute atomic E-state index is 5.77. The number of nitrogens with zero attached hydrogens (tertiary/aromatic N) is 3. The second-order valence-corrected chi connectivity index (χ2v) is 4.71. The fourth-order valence-corrected chi connectivity index (χ4v) is 2.10. The summed E-state index contributed by atoms with van der Waals surface area (Å²) in [4.78, 5) is 10.9. The van der Waals surface area contributed by atoms with Gasteiger partial charge in [0, 0.05) is 25.2 Å². The molecule has 0 aliphatic carbocycles. The van der Waals surface area contributed by atoms with Crippen molar-refractivity contribution in [2.75, 3.05) is 25.4 Å². The highest BCUT2D eigenvalue weighted by molar-refractivity contribution is 5.30. The minimum Gasteiger partial charge on any atom is -0.384 e. The van der Waals surface area contributed by atoms with E-state index >= 15 is 0 Å². The summed E-state index contributed by atoms with van der Waals surface area (Å²) < 4.78 is 5.77. The van der Waals surface area contributed by atoms with Gasteiger partial charge in [-0.2, -0.15) is 0 Å². The molecular formula is C12H20N4O. The zero-order valence-electron chi connectivity index (χ0n) is 10.7. The number of rotatable bonds is 2. The van der Waals surface area contributed by atoms with E-state index in [1.54, 1.807) is 0 Å². The first-order chi connectivity index (χ1) is 8.06. The highest BCUT2D eigenvalue weighted by Crippen LogP contribution is 2.22. The van der Waals surface area contributed by atoms with Crippen LogP contribution in [0.2, 0.25) is 0 Å². The Morgan fingerprint density at radius 2 is 2.24 bits per heavy atom. The maximum Gasteiger partial charge on any atom is 0.128 e. The second-order valence-electron chi connectivity index (χ2n) is 4.71. The molecule has 0 unspecified atom stereocenters. The van der Waals surface area contributed by atoms with E-state index in [0.717, 1.165) is 25.4 Å². The summed E-state index contributed by atoms with van der Waals surface area (Å²) in [5.74, 6) is 1.21. The van der Waals surface area contributed by atoms with Gasteiger partial charge in [0.1, 0.15) is 17.7 Å². The molecule has 1 saturated heterocycles. The van der Waals surface area contributed by atoms with Crippen LogP contribution in [0.4, 0.5) is 5.82 Å². The Hall–Kier alpha value is -1.20. The van der Waals surface area contributed by atoms with Crippen LogP contribution >= 0.6 is 0 Å². The van der Waals surface area contributed by atoms with E-state index < -0.39 is 0 Å². The molecule has 0 amide bonds. The lowest BCUT2D eigenvalue weighted by atomic mass is 10.1. The first-order valence-electron chi connectivity index (χ1n) is 6.03. The minimum absolute atomic E-state index is 0.00940. The van der Waals surface area contributed by atoms with E-state index in [0.29, 0.717) is 17.7 Å². The fraction of sp³-hybridized carbons (Fsp3) is 0.667. The van der Waals surface area contributed by atoms with Gasteiger partial charge in [0.15, 0.2) is 0 Å². The van der Waals surface area contributed by atoms with Gasteiger partial charge in [-0.3, -0.25) is 4.90 Å². The Labute approximate surface area is 102 Å². The van der Waals surface area contributed by atoms with Crippen molar-refractivity contribution in [1.29, 1.82) is 0 Å². The van der Waals surface area contributed by atoms with Crippen molar-refractivity contribution >= 4 is 5.82 Å². The molecule has 2 rings (SSSR count). The average molecular weight is 236 g/mol. The van der Waals surface area contributed by atoms with Crippen LogP contribution in [0.3, 0.4) is 0 Å². The Morgan fingerprint density at radius 3 is 2.88 bits per heavy atom. The third-order valence-corrected chi connectivity index (χ3v) is 3.04. The molecule has 1 atom stereocenters. The third-order valence-electron chi connectivity index (χ3n) is 3.04. The molecule has 1 fully saturated rings. The summed E-state index contributed by atoms with van der Waals surface area (Å²) in [5, 5.41) is 0. The van der Waals surface area contributed by atoms with Gasteiger partial charge in [-0.1, -0.05) is 0 Å². The van der Waals surface area contributed by atoms with E-state index in [1.807, 2.05) is 13.0 Å². The molecule has 0 aromatic carbocycles. The topological polar surface area (TPSA) is 64.3 Å². The predicted molar refractivity (Wildman–Crippen MR) is 66.6 cm³/mol. The van der Waals surface area contributed by atoms with Gasteiger partial charge in [0.2, 0.25) is 0 Å². The number of aryl methyl sites for hydroxylation is 1. The van der Waals surface area contributed by atoms with Crippen molar-refractivity contribution in [3.63, 3.8) is 0 Å². The average Bonchev–Trinajstić information content (AvgIpc) is 2.28. The van der Waals surface area contributed by atoms with Crippen LogP contribution in [0.5, 0.6) is 0 Å². The normalized spacial score (nSPS) is 22.0. The van der Waals surface area contributed by atoms with E-state index in [1.165, 1.54) is 0 Å². The summed E-state index contributed by atoms with van der Waals surface area (Å²) in [6.45, 7) is 8.83. The summed E-state index contributed by atoms with van der Waals surface area (Å²) in [5.41, 5.74) is 6.63. The number of hydrogen-bond donors (Lipinski definition) is 1. The highest BCUT2D eigenvalue weighted by atomic mass is 16.5.